The van der Waals surface area contributed by atoms with E-state index in [2.05, 4.69) is 44.7 Å². The van der Waals surface area contributed by atoms with Gasteiger partial charge in [-0.3, -0.25) is 0 Å². The normalized spacial score (nSPS) is 12.1. The zero-order chi connectivity index (χ0) is 14.3. The van der Waals surface area contributed by atoms with Gasteiger partial charge in [-0.2, -0.15) is 0 Å². The Labute approximate surface area is 121 Å². The third kappa shape index (κ3) is 5.46. The van der Waals surface area contributed by atoms with Gasteiger partial charge in [-0.05, 0) is 50.4 Å². The molecule has 0 spiro atoms. The molecule has 0 heterocycles. The molecule has 0 unspecified atom stereocenters. The Morgan fingerprint density at radius 3 is 2.79 bits per heavy atom. The Hall–Kier alpha value is -1.31. The number of hydrogen-bond donors (Lipinski definition) is 1. The molecule has 0 amide bonds. The minimum Gasteiger partial charge on any atom is -0.330 e. The molecule has 0 fully saturated rings. The Balaban J connectivity index is 2.75. The van der Waals surface area contributed by atoms with Crippen molar-refractivity contribution in [1.29, 1.82) is 0 Å². The van der Waals surface area contributed by atoms with E-state index in [-0.39, 0.29) is 0 Å². The van der Waals surface area contributed by atoms with E-state index in [1.807, 2.05) is 12.1 Å². The quantitative estimate of drug-likeness (QED) is 0.734. The molecular weight excluding hydrogens is 254 g/mol. The van der Waals surface area contributed by atoms with E-state index >= 15 is 0 Å². The predicted octanol–water partition coefficient (Wildman–Crippen LogP) is 4.90. The summed E-state index contributed by atoms with van der Waals surface area (Å²) in [4.78, 5) is 0. The van der Waals surface area contributed by atoms with Gasteiger partial charge < -0.3 is 5.73 Å². The van der Waals surface area contributed by atoms with Gasteiger partial charge in [0.25, 0.3) is 0 Å². The lowest BCUT2D eigenvalue weighted by Gasteiger charge is -2.03. The smallest absolute Gasteiger partial charge is 0.0481 e. The first-order chi connectivity index (χ1) is 9.04. The van der Waals surface area contributed by atoms with Crippen molar-refractivity contribution in [2.75, 3.05) is 6.54 Å². The standard InChI is InChI=1S/C17H22ClN/c1-13(6-5-11-19)12-14(2)9-10-16-15(3)7-4-8-17(16)18/h4,7-10,12H,1,5-6,11,19H2,2-3H3. The molecule has 0 atom stereocenters. The van der Waals surface area contributed by atoms with Gasteiger partial charge >= 0.3 is 0 Å². The number of allylic oxidation sites excluding steroid dienone is 4. The number of hydrogen-bond acceptors (Lipinski definition) is 1. The van der Waals surface area contributed by atoms with Crippen LogP contribution in [0, 0.1) is 6.92 Å². The highest BCUT2D eigenvalue weighted by molar-refractivity contribution is 6.32. The Kier molecular flexibility index (Phi) is 6.61. The molecule has 0 bridgehead atoms. The third-order valence-corrected chi connectivity index (χ3v) is 3.25. The minimum absolute atomic E-state index is 0.709. The Morgan fingerprint density at radius 2 is 2.16 bits per heavy atom. The summed E-state index contributed by atoms with van der Waals surface area (Å²) in [5.41, 5.74) is 10.0. The van der Waals surface area contributed by atoms with Crippen LogP contribution < -0.4 is 5.73 Å². The van der Waals surface area contributed by atoms with E-state index in [4.69, 9.17) is 17.3 Å². The van der Waals surface area contributed by atoms with E-state index in [1.165, 1.54) is 11.1 Å². The lowest BCUT2D eigenvalue weighted by molar-refractivity contribution is 0.837. The van der Waals surface area contributed by atoms with Crippen molar-refractivity contribution in [1.82, 2.24) is 0 Å². The molecule has 0 aliphatic rings. The molecule has 19 heavy (non-hydrogen) atoms. The van der Waals surface area contributed by atoms with Gasteiger partial charge in [-0.1, -0.05) is 59.7 Å². The van der Waals surface area contributed by atoms with E-state index in [1.54, 1.807) is 0 Å². The topological polar surface area (TPSA) is 26.0 Å². The van der Waals surface area contributed by atoms with Gasteiger partial charge in [-0.15, -0.1) is 0 Å². The summed E-state index contributed by atoms with van der Waals surface area (Å²) in [6.45, 7) is 8.87. The van der Waals surface area contributed by atoms with Crippen LogP contribution in [-0.4, -0.2) is 6.54 Å². The summed E-state index contributed by atoms with van der Waals surface area (Å²) in [6.07, 6.45) is 8.16. The van der Waals surface area contributed by atoms with Crippen LogP contribution >= 0.6 is 11.6 Å². The summed E-state index contributed by atoms with van der Waals surface area (Å²) >= 11 is 6.19. The molecule has 1 aromatic rings. The highest BCUT2D eigenvalue weighted by atomic mass is 35.5. The molecule has 0 aliphatic heterocycles. The lowest BCUT2D eigenvalue weighted by Crippen LogP contribution is -1.97. The molecule has 2 heteroatoms. The fourth-order valence-corrected chi connectivity index (χ4v) is 2.13. The van der Waals surface area contributed by atoms with Crippen LogP contribution in [0.5, 0.6) is 0 Å². The Bertz CT molecular complexity index is 478. The summed E-state index contributed by atoms with van der Waals surface area (Å²) in [7, 11) is 0. The zero-order valence-electron chi connectivity index (χ0n) is 11.7. The average Bonchev–Trinajstić information content (AvgIpc) is 2.35. The maximum atomic E-state index is 6.19. The second-order valence-electron chi connectivity index (χ2n) is 4.74. The van der Waals surface area contributed by atoms with E-state index in [0.717, 1.165) is 29.0 Å². The molecule has 102 valence electrons. The van der Waals surface area contributed by atoms with Crippen LogP contribution in [0.1, 0.15) is 30.9 Å². The van der Waals surface area contributed by atoms with Crippen LogP contribution in [0.4, 0.5) is 0 Å². The number of halogens is 1. The van der Waals surface area contributed by atoms with Gasteiger partial charge in [0, 0.05) is 5.02 Å². The van der Waals surface area contributed by atoms with Crippen LogP contribution in [0.3, 0.4) is 0 Å². The molecule has 1 nitrogen and oxygen atoms in total. The van der Waals surface area contributed by atoms with Crippen molar-refractivity contribution >= 4 is 17.7 Å². The number of benzene rings is 1. The molecule has 0 saturated carbocycles. The first kappa shape index (κ1) is 15.7. The van der Waals surface area contributed by atoms with Crippen molar-refractivity contribution < 1.29 is 0 Å². The first-order valence-electron chi connectivity index (χ1n) is 6.54. The minimum atomic E-state index is 0.709. The molecule has 1 rings (SSSR count). The maximum Gasteiger partial charge on any atom is 0.0481 e. The van der Waals surface area contributed by atoms with Gasteiger partial charge in [0.1, 0.15) is 0 Å². The van der Waals surface area contributed by atoms with Crippen LogP contribution in [-0.2, 0) is 0 Å². The molecule has 1 aromatic carbocycles. The predicted molar refractivity (Wildman–Crippen MR) is 86.4 cm³/mol. The SMILES string of the molecule is C=C(C=C(C)C=Cc1c(C)cccc1Cl)CCCN. The van der Waals surface area contributed by atoms with Crippen LogP contribution in [0.2, 0.25) is 5.02 Å². The van der Waals surface area contributed by atoms with E-state index in [9.17, 15) is 0 Å². The maximum absolute atomic E-state index is 6.19. The summed E-state index contributed by atoms with van der Waals surface area (Å²) in [6, 6.07) is 5.94. The fourth-order valence-electron chi connectivity index (χ4n) is 1.84. The van der Waals surface area contributed by atoms with Gasteiger partial charge in [0.15, 0.2) is 0 Å². The summed E-state index contributed by atoms with van der Waals surface area (Å²) < 4.78 is 0. The largest absolute Gasteiger partial charge is 0.330 e. The number of aryl methyl sites for hydroxylation is 1. The third-order valence-electron chi connectivity index (χ3n) is 2.92. The van der Waals surface area contributed by atoms with Crippen molar-refractivity contribution in [3.05, 3.63) is 64.2 Å². The second-order valence-corrected chi connectivity index (χ2v) is 5.15. The molecule has 2 N–H and O–H groups in total. The first-order valence-corrected chi connectivity index (χ1v) is 6.91. The highest BCUT2D eigenvalue weighted by Gasteiger charge is 1.99. The molecule has 0 saturated heterocycles. The second kappa shape index (κ2) is 7.98. The fraction of sp³-hybridized carbons (Fsp3) is 0.294. The van der Waals surface area contributed by atoms with Crippen LogP contribution in [0.15, 0.2) is 48.1 Å². The monoisotopic (exact) mass is 275 g/mol. The zero-order valence-corrected chi connectivity index (χ0v) is 12.5. The summed E-state index contributed by atoms with van der Waals surface area (Å²) in [5.74, 6) is 0. The van der Waals surface area contributed by atoms with E-state index < -0.39 is 0 Å². The molecule has 0 aliphatic carbocycles. The average molecular weight is 276 g/mol. The van der Waals surface area contributed by atoms with Crippen molar-refractivity contribution in [2.45, 2.75) is 26.7 Å². The summed E-state index contributed by atoms with van der Waals surface area (Å²) in [5, 5.41) is 0.783. The molecule has 0 aromatic heterocycles. The van der Waals surface area contributed by atoms with Crippen molar-refractivity contribution in [3.63, 3.8) is 0 Å². The number of rotatable bonds is 6. The van der Waals surface area contributed by atoms with E-state index in [0.29, 0.717) is 6.54 Å². The van der Waals surface area contributed by atoms with Crippen molar-refractivity contribution in [2.24, 2.45) is 5.73 Å². The Morgan fingerprint density at radius 1 is 1.42 bits per heavy atom. The van der Waals surface area contributed by atoms with Gasteiger partial charge in [-0.25, -0.2) is 0 Å². The van der Waals surface area contributed by atoms with Crippen molar-refractivity contribution in [3.8, 4) is 0 Å². The van der Waals surface area contributed by atoms with Gasteiger partial charge in [0.05, 0.1) is 0 Å². The van der Waals surface area contributed by atoms with Gasteiger partial charge in [0.2, 0.25) is 0 Å². The number of nitrogens with two attached hydrogens (primary N) is 1. The molecular formula is C17H22ClN. The van der Waals surface area contributed by atoms with Crippen LogP contribution in [0.25, 0.3) is 6.08 Å². The highest BCUT2D eigenvalue weighted by Crippen LogP contribution is 2.21. The lowest BCUT2D eigenvalue weighted by atomic mass is 10.1. The molecule has 0 radical (unpaired) electrons.